The monoisotopic (exact) mass is 278 g/mol. The minimum atomic E-state index is -0.838. The lowest BCUT2D eigenvalue weighted by molar-refractivity contribution is -0.138. The summed E-state index contributed by atoms with van der Waals surface area (Å²) in [7, 11) is 0. The van der Waals surface area contributed by atoms with Crippen molar-refractivity contribution in [2.75, 3.05) is 11.9 Å². The second-order valence-electron chi connectivity index (χ2n) is 4.76. The number of carboxylic acid groups (broad SMARTS) is 1. The minimum Gasteiger partial charge on any atom is -0.481 e. The molecule has 0 spiro atoms. The van der Waals surface area contributed by atoms with Crippen LogP contribution in [0.15, 0.2) is 24.3 Å². The van der Waals surface area contributed by atoms with E-state index in [0.717, 1.165) is 24.1 Å². The van der Waals surface area contributed by atoms with E-state index in [4.69, 9.17) is 5.11 Å². The van der Waals surface area contributed by atoms with Crippen molar-refractivity contribution in [2.24, 2.45) is 5.92 Å². The lowest BCUT2D eigenvalue weighted by atomic mass is 10.0. The maximum Gasteiger partial charge on any atom is 0.319 e. The van der Waals surface area contributed by atoms with E-state index in [9.17, 15) is 9.59 Å². The first-order chi connectivity index (χ1) is 9.55. The zero-order valence-corrected chi connectivity index (χ0v) is 12.0. The minimum absolute atomic E-state index is 0.0415. The SMILES string of the molecule is CCc1cccc(NC(=O)NCC(CC)CC(=O)O)c1. The third-order valence-corrected chi connectivity index (χ3v) is 3.19. The van der Waals surface area contributed by atoms with Crippen LogP contribution in [0.3, 0.4) is 0 Å². The van der Waals surface area contributed by atoms with Gasteiger partial charge in [0.2, 0.25) is 0 Å². The van der Waals surface area contributed by atoms with Crippen molar-refractivity contribution in [3.05, 3.63) is 29.8 Å². The summed E-state index contributed by atoms with van der Waals surface area (Å²) in [4.78, 5) is 22.4. The van der Waals surface area contributed by atoms with Gasteiger partial charge in [0.1, 0.15) is 0 Å². The Hall–Kier alpha value is -2.04. The van der Waals surface area contributed by atoms with E-state index < -0.39 is 5.97 Å². The third kappa shape index (κ3) is 5.73. The second kappa shape index (κ2) is 8.19. The fourth-order valence-electron chi connectivity index (χ4n) is 1.89. The van der Waals surface area contributed by atoms with Crippen LogP contribution in [0.5, 0.6) is 0 Å². The van der Waals surface area contributed by atoms with Gasteiger partial charge in [0.25, 0.3) is 0 Å². The highest BCUT2D eigenvalue weighted by molar-refractivity contribution is 5.89. The van der Waals surface area contributed by atoms with E-state index in [0.29, 0.717) is 6.54 Å². The zero-order chi connectivity index (χ0) is 15.0. The predicted molar refractivity (Wildman–Crippen MR) is 78.9 cm³/mol. The molecule has 0 aliphatic heterocycles. The molecular weight excluding hydrogens is 256 g/mol. The molecule has 5 heteroatoms. The summed E-state index contributed by atoms with van der Waals surface area (Å²) in [5.41, 5.74) is 1.90. The van der Waals surface area contributed by atoms with Crippen LogP contribution in [0.1, 0.15) is 32.3 Å². The quantitative estimate of drug-likeness (QED) is 0.717. The summed E-state index contributed by atoms with van der Waals surface area (Å²) in [6.45, 7) is 4.33. The Labute approximate surface area is 119 Å². The highest BCUT2D eigenvalue weighted by Gasteiger charge is 2.12. The van der Waals surface area contributed by atoms with Crippen LogP contribution in [0.2, 0.25) is 0 Å². The number of rotatable bonds is 7. The molecule has 0 aromatic heterocycles. The number of carboxylic acids is 1. The molecule has 0 fully saturated rings. The number of benzene rings is 1. The van der Waals surface area contributed by atoms with Gasteiger partial charge in [0, 0.05) is 18.7 Å². The standard InChI is InChI=1S/C15H22N2O3/c1-3-11-6-5-7-13(8-11)17-15(20)16-10-12(4-2)9-14(18)19/h5-8,12H,3-4,9-10H2,1-2H3,(H,18,19)(H2,16,17,20). The molecule has 1 aromatic rings. The summed E-state index contributed by atoms with van der Waals surface area (Å²) in [6.07, 6.45) is 1.70. The average molecular weight is 278 g/mol. The van der Waals surface area contributed by atoms with Crippen LogP contribution >= 0.6 is 0 Å². The molecule has 1 rings (SSSR count). The first-order valence-corrected chi connectivity index (χ1v) is 6.90. The van der Waals surface area contributed by atoms with Gasteiger partial charge in [-0.15, -0.1) is 0 Å². The van der Waals surface area contributed by atoms with Crippen LogP contribution in [0.25, 0.3) is 0 Å². The van der Waals surface area contributed by atoms with Crippen molar-refractivity contribution < 1.29 is 14.7 Å². The Bertz CT molecular complexity index is 460. The van der Waals surface area contributed by atoms with E-state index in [1.165, 1.54) is 0 Å². The fraction of sp³-hybridized carbons (Fsp3) is 0.467. The highest BCUT2D eigenvalue weighted by Crippen LogP contribution is 2.11. The molecule has 0 aliphatic rings. The molecular formula is C15H22N2O3. The summed E-state index contributed by atoms with van der Waals surface area (Å²) in [5, 5.41) is 14.2. The van der Waals surface area contributed by atoms with Gasteiger partial charge < -0.3 is 15.7 Å². The lowest BCUT2D eigenvalue weighted by Gasteiger charge is -2.14. The molecule has 110 valence electrons. The van der Waals surface area contributed by atoms with Crippen molar-refractivity contribution in [1.29, 1.82) is 0 Å². The molecule has 0 heterocycles. The molecule has 0 saturated heterocycles. The third-order valence-electron chi connectivity index (χ3n) is 3.19. The summed E-state index contributed by atoms with van der Waals surface area (Å²) in [5.74, 6) is -0.880. The van der Waals surface area contributed by atoms with Gasteiger partial charge >= 0.3 is 12.0 Å². The maximum absolute atomic E-state index is 11.7. The maximum atomic E-state index is 11.7. The van der Waals surface area contributed by atoms with E-state index in [-0.39, 0.29) is 18.4 Å². The van der Waals surface area contributed by atoms with E-state index in [1.807, 2.05) is 31.2 Å². The van der Waals surface area contributed by atoms with Gasteiger partial charge in [-0.3, -0.25) is 4.79 Å². The number of aryl methyl sites for hydroxylation is 1. The molecule has 0 bridgehead atoms. The molecule has 0 saturated carbocycles. The summed E-state index contributed by atoms with van der Waals surface area (Å²) >= 11 is 0. The Morgan fingerprint density at radius 3 is 2.65 bits per heavy atom. The van der Waals surface area contributed by atoms with Crippen LogP contribution < -0.4 is 10.6 Å². The number of hydrogen-bond acceptors (Lipinski definition) is 2. The number of carbonyl (C=O) groups is 2. The first kappa shape index (κ1) is 16.0. The zero-order valence-electron chi connectivity index (χ0n) is 12.0. The number of nitrogens with one attached hydrogen (secondary N) is 2. The van der Waals surface area contributed by atoms with Gasteiger partial charge in [-0.2, -0.15) is 0 Å². The molecule has 5 nitrogen and oxygen atoms in total. The Morgan fingerprint density at radius 1 is 1.30 bits per heavy atom. The topological polar surface area (TPSA) is 78.4 Å². The number of amides is 2. The number of urea groups is 1. The molecule has 2 amide bonds. The fourth-order valence-corrected chi connectivity index (χ4v) is 1.89. The lowest BCUT2D eigenvalue weighted by Crippen LogP contribution is -2.33. The van der Waals surface area contributed by atoms with Crippen LogP contribution in [0, 0.1) is 5.92 Å². The van der Waals surface area contributed by atoms with E-state index in [1.54, 1.807) is 0 Å². The van der Waals surface area contributed by atoms with Crippen LogP contribution in [0.4, 0.5) is 10.5 Å². The summed E-state index contributed by atoms with van der Waals surface area (Å²) in [6, 6.07) is 7.35. The van der Waals surface area contributed by atoms with Crippen molar-refractivity contribution in [3.63, 3.8) is 0 Å². The smallest absolute Gasteiger partial charge is 0.319 e. The second-order valence-corrected chi connectivity index (χ2v) is 4.76. The number of carbonyl (C=O) groups excluding carboxylic acids is 1. The Morgan fingerprint density at radius 2 is 2.05 bits per heavy atom. The molecule has 0 radical (unpaired) electrons. The predicted octanol–water partition coefficient (Wildman–Crippen LogP) is 2.87. The normalized spacial score (nSPS) is 11.7. The van der Waals surface area contributed by atoms with Crippen LogP contribution in [-0.2, 0) is 11.2 Å². The van der Waals surface area contributed by atoms with Gasteiger partial charge in [-0.1, -0.05) is 32.4 Å². The molecule has 1 unspecified atom stereocenters. The van der Waals surface area contributed by atoms with Gasteiger partial charge in [0.05, 0.1) is 0 Å². The highest BCUT2D eigenvalue weighted by atomic mass is 16.4. The largest absolute Gasteiger partial charge is 0.481 e. The number of hydrogen-bond donors (Lipinski definition) is 3. The number of anilines is 1. The van der Waals surface area contributed by atoms with E-state index in [2.05, 4.69) is 17.6 Å². The molecule has 1 aromatic carbocycles. The number of aliphatic carboxylic acids is 1. The van der Waals surface area contributed by atoms with Crippen molar-refractivity contribution in [2.45, 2.75) is 33.1 Å². The first-order valence-electron chi connectivity index (χ1n) is 6.90. The molecule has 1 atom stereocenters. The van der Waals surface area contributed by atoms with Crippen molar-refractivity contribution in [1.82, 2.24) is 5.32 Å². The van der Waals surface area contributed by atoms with Gasteiger partial charge in [-0.25, -0.2) is 4.79 Å². The van der Waals surface area contributed by atoms with Crippen molar-refractivity contribution >= 4 is 17.7 Å². The van der Waals surface area contributed by atoms with Gasteiger partial charge in [-0.05, 0) is 30.0 Å². The average Bonchev–Trinajstić information content (AvgIpc) is 2.43. The van der Waals surface area contributed by atoms with Gasteiger partial charge in [0.15, 0.2) is 0 Å². The Balaban J connectivity index is 2.44. The van der Waals surface area contributed by atoms with Crippen molar-refractivity contribution in [3.8, 4) is 0 Å². The Kier molecular flexibility index (Phi) is 6.56. The molecule has 3 N–H and O–H groups in total. The molecule has 20 heavy (non-hydrogen) atoms. The summed E-state index contributed by atoms with van der Waals surface area (Å²) < 4.78 is 0. The van der Waals surface area contributed by atoms with E-state index >= 15 is 0 Å². The van der Waals surface area contributed by atoms with Crippen LogP contribution in [-0.4, -0.2) is 23.7 Å². The molecule has 0 aliphatic carbocycles.